The lowest BCUT2D eigenvalue weighted by atomic mass is 10.3. The summed E-state index contributed by atoms with van der Waals surface area (Å²) in [5.74, 6) is 0.560. The van der Waals surface area contributed by atoms with Crippen LogP contribution in [0.2, 0.25) is 0 Å². The number of nitrogen functional groups attached to an aromatic ring is 1. The summed E-state index contributed by atoms with van der Waals surface area (Å²) in [6.45, 7) is 0. The van der Waals surface area contributed by atoms with Crippen molar-refractivity contribution >= 4 is 38.9 Å². The van der Waals surface area contributed by atoms with E-state index >= 15 is 0 Å². The number of hydrogen-bond donors (Lipinski definition) is 2. The highest BCUT2D eigenvalue weighted by atomic mass is 32.2. The van der Waals surface area contributed by atoms with Crippen molar-refractivity contribution in [2.24, 2.45) is 0 Å². The van der Waals surface area contributed by atoms with Gasteiger partial charge in [0.25, 0.3) is 10.0 Å². The van der Waals surface area contributed by atoms with Gasteiger partial charge in [-0.1, -0.05) is 6.07 Å². The third-order valence-corrected chi connectivity index (χ3v) is 5.85. The minimum atomic E-state index is -3.84. The van der Waals surface area contributed by atoms with Gasteiger partial charge in [-0.15, -0.1) is 20.5 Å². The van der Waals surface area contributed by atoms with E-state index in [1.165, 1.54) is 6.07 Å². The monoisotopic (exact) mass is 351 g/mol. The molecule has 0 aliphatic rings. The molecular formula is C13H13N5O3S2. The Labute approximate surface area is 136 Å². The maximum atomic E-state index is 12.6. The zero-order valence-electron chi connectivity index (χ0n) is 12.0. The molecule has 23 heavy (non-hydrogen) atoms. The summed E-state index contributed by atoms with van der Waals surface area (Å²) in [4.78, 5) is 3.94. The quantitative estimate of drug-likeness (QED) is 0.722. The third kappa shape index (κ3) is 2.98. The van der Waals surface area contributed by atoms with Crippen LogP contribution >= 0.6 is 11.3 Å². The fourth-order valence-corrected chi connectivity index (χ4v) is 4.10. The van der Waals surface area contributed by atoms with Crippen LogP contribution in [0.4, 0.5) is 17.6 Å². The summed E-state index contributed by atoms with van der Waals surface area (Å²) in [6, 6.07) is 10.1. The molecule has 0 atom stereocenters. The Morgan fingerprint density at radius 2 is 2.00 bits per heavy atom. The van der Waals surface area contributed by atoms with Crippen LogP contribution in [0.1, 0.15) is 0 Å². The first-order chi connectivity index (χ1) is 11.0. The molecule has 0 bridgehead atoms. The lowest BCUT2D eigenvalue weighted by Gasteiger charge is -2.08. The SMILES string of the molecule is COc1ccc(Nc2nc(N)nn2S(=O)(=O)c2cccs2)cc1. The van der Waals surface area contributed by atoms with E-state index in [-0.39, 0.29) is 16.1 Å². The lowest BCUT2D eigenvalue weighted by Crippen LogP contribution is -2.16. The molecule has 0 unspecified atom stereocenters. The minimum absolute atomic E-state index is 0.0149. The van der Waals surface area contributed by atoms with Gasteiger partial charge in [0.1, 0.15) is 9.96 Å². The molecule has 0 saturated carbocycles. The first-order valence-electron chi connectivity index (χ1n) is 6.43. The second kappa shape index (κ2) is 5.89. The Hall–Kier alpha value is -2.59. The van der Waals surface area contributed by atoms with Gasteiger partial charge in [0.2, 0.25) is 11.9 Å². The van der Waals surface area contributed by atoms with E-state index < -0.39 is 10.0 Å². The number of nitrogens with two attached hydrogens (primary N) is 1. The zero-order chi connectivity index (χ0) is 16.4. The Balaban J connectivity index is 1.98. The number of rotatable bonds is 5. The Morgan fingerprint density at radius 1 is 1.26 bits per heavy atom. The van der Waals surface area contributed by atoms with Gasteiger partial charge in [-0.3, -0.25) is 0 Å². The van der Waals surface area contributed by atoms with Crippen LogP contribution in [0.25, 0.3) is 0 Å². The van der Waals surface area contributed by atoms with Crippen molar-refractivity contribution in [2.75, 3.05) is 18.2 Å². The summed E-state index contributed by atoms with van der Waals surface area (Å²) in [5.41, 5.74) is 6.19. The molecule has 2 aromatic heterocycles. The van der Waals surface area contributed by atoms with Crippen LogP contribution in [-0.2, 0) is 10.0 Å². The molecule has 0 aliphatic carbocycles. The van der Waals surface area contributed by atoms with E-state index in [9.17, 15) is 8.42 Å². The lowest BCUT2D eigenvalue weighted by molar-refractivity contribution is 0.415. The molecule has 0 amide bonds. The molecule has 3 N–H and O–H groups in total. The first kappa shape index (κ1) is 15.3. The second-order valence-electron chi connectivity index (χ2n) is 4.43. The highest BCUT2D eigenvalue weighted by Crippen LogP contribution is 2.24. The average Bonchev–Trinajstić information content (AvgIpc) is 3.18. The highest BCUT2D eigenvalue weighted by Gasteiger charge is 2.24. The number of nitrogens with one attached hydrogen (secondary N) is 1. The average molecular weight is 351 g/mol. The molecule has 2 heterocycles. The van der Waals surface area contributed by atoms with Gasteiger partial charge in [-0.05, 0) is 35.7 Å². The Morgan fingerprint density at radius 3 is 2.61 bits per heavy atom. The van der Waals surface area contributed by atoms with Crippen LogP contribution in [0.5, 0.6) is 5.75 Å². The maximum absolute atomic E-state index is 12.6. The number of methoxy groups -OCH3 is 1. The number of benzene rings is 1. The van der Waals surface area contributed by atoms with E-state index in [0.29, 0.717) is 11.4 Å². The van der Waals surface area contributed by atoms with Crippen molar-refractivity contribution in [3.63, 3.8) is 0 Å². The van der Waals surface area contributed by atoms with Crippen molar-refractivity contribution in [3.05, 3.63) is 41.8 Å². The van der Waals surface area contributed by atoms with Gasteiger partial charge in [-0.25, -0.2) is 0 Å². The van der Waals surface area contributed by atoms with Gasteiger partial charge in [0.05, 0.1) is 7.11 Å². The second-order valence-corrected chi connectivity index (χ2v) is 7.37. The predicted octanol–water partition coefficient (Wildman–Crippen LogP) is 1.91. The largest absolute Gasteiger partial charge is 0.497 e. The number of aromatic nitrogens is 3. The molecule has 8 nitrogen and oxygen atoms in total. The Bertz CT molecular complexity index is 902. The van der Waals surface area contributed by atoms with Gasteiger partial charge >= 0.3 is 0 Å². The molecule has 0 aliphatic heterocycles. The smallest absolute Gasteiger partial charge is 0.295 e. The van der Waals surface area contributed by atoms with Gasteiger partial charge in [-0.2, -0.15) is 13.4 Å². The molecule has 0 radical (unpaired) electrons. The van der Waals surface area contributed by atoms with E-state index in [4.69, 9.17) is 10.5 Å². The molecule has 1 aromatic carbocycles. The van der Waals surface area contributed by atoms with Crippen molar-refractivity contribution in [1.29, 1.82) is 0 Å². The van der Waals surface area contributed by atoms with Gasteiger partial charge < -0.3 is 15.8 Å². The number of ether oxygens (including phenoxy) is 1. The van der Waals surface area contributed by atoms with E-state index in [0.717, 1.165) is 15.4 Å². The zero-order valence-corrected chi connectivity index (χ0v) is 13.6. The van der Waals surface area contributed by atoms with Crippen molar-refractivity contribution < 1.29 is 13.2 Å². The summed E-state index contributed by atoms with van der Waals surface area (Å²) in [6.07, 6.45) is 0. The third-order valence-electron chi connectivity index (χ3n) is 2.92. The molecule has 0 fully saturated rings. The summed E-state index contributed by atoms with van der Waals surface area (Å²) >= 11 is 1.09. The molecule has 0 saturated heterocycles. The normalized spacial score (nSPS) is 11.3. The standard InChI is InChI=1S/C13H13N5O3S2/c1-21-10-6-4-9(5-7-10)15-13-16-12(14)17-18(13)23(19,20)11-3-2-8-22-11/h2-8H,1H3,(H3,14,15,16,17). The van der Waals surface area contributed by atoms with E-state index in [2.05, 4.69) is 15.4 Å². The van der Waals surface area contributed by atoms with Crippen molar-refractivity contribution in [2.45, 2.75) is 4.21 Å². The Kier molecular flexibility index (Phi) is 3.92. The number of hydrogen-bond acceptors (Lipinski definition) is 8. The fraction of sp³-hybridized carbons (Fsp3) is 0.0769. The molecule has 120 valence electrons. The van der Waals surface area contributed by atoms with Crippen molar-refractivity contribution in [1.82, 2.24) is 14.2 Å². The molecular weight excluding hydrogens is 338 g/mol. The summed E-state index contributed by atoms with van der Waals surface area (Å²) in [5, 5.41) is 8.35. The number of thiophene rings is 1. The summed E-state index contributed by atoms with van der Waals surface area (Å²) in [7, 11) is -2.28. The van der Waals surface area contributed by atoms with Crippen molar-refractivity contribution in [3.8, 4) is 5.75 Å². The minimum Gasteiger partial charge on any atom is -0.497 e. The molecule has 3 rings (SSSR count). The van der Waals surface area contributed by atoms with Crippen LogP contribution in [-0.4, -0.2) is 29.7 Å². The van der Waals surface area contributed by atoms with Crippen LogP contribution < -0.4 is 15.8 Å². The molecule has 10 heteroatoms. The predicted molar refractivity (Wildman–Crippen MR) is 87.6 cm³/mol. The summed E-state index contributed by atoms with van der Waals surface area (Å²) < 4.78 is 31.2. The number of nitrogens with zero attached hydrogens (tertiary/aromatic N) is 3. The molecule has 3 aromatic rings. The first-order valence-corrected chi connectivity index (χ1v) is 8.75. The highest BCUT2D eigenvalue weighted by molar-refractivity contribution is 7.92. The topological polar surface area (TPSA) is 112 Å². The van der Waals surface area contributed by atoms with Crippen LogP contribution in [0.3, 0.4) is 0 Å². The fourth-order valence-electron chi connectivity index (χ4n) is 1.86. The van der Waals surface area contributed by atoms with Crippen LogP contribution in [0, 0.1) is 0 Å². The van der Waals surface area contributed by atoms with E-state index in [1.54, 1.807) is 42.8 Å². The molecule has 0 spiro atoms. The number of anilines is 3. The van der Waals surface area contributed by atoms with E-state index in [1.807, 2.05) is 0 Å². The van der Waals surface area contributed by atoms with Gasteiger partial charge in [0.15, 0.2) is 0 Å². The maximum Gasteiger partial charge on any atom is 0.295 e. The van der Waals surface area contributed by atoms with Crippen LogP contribution in [0.15, 0.2) is 46.0 Å². The van der Waals surface area contributed by atoms with Gasteiger partial charge in [0, 0.05) is 5.69 Å².